The molecule has 1 atom stereocenters. The first kappa shape index (κ1) is 24.5. The molecule has 0 aliphatic rings. The number of nitrogens with zero attached hydrogens (tertiary/aromatic N) is 1. The number of rotatable bonds is 9. The van der Waals surface area contributed by atoms with E-state index in [1.807, 2.05) is 19.9 Å². The van der Waals surface area contributed by atoms with E-state index in [2.05, 4.69) is 5.32 Å². The number of carbonyl (C=O) groups is 2. The first-order valence-corrected chi connectivity index (χ1v) is 11.4. The van der Waals surface area contributed by atoms with Gasteiger partial charge < -0.3 is 10.2 Å². The van der Waals surface area contributed by atoms with Gasteiger partial charge in [0, 0.05) is 28.4 Å². The summed E-state index contributed by atoms with van der Waals surface area (Å²) in [5.41, 5.74) is 1.63. The molecule has 0 saturated carbocycles. The zero-order valence-electron chi connectivity index (χ0n) is 17.1. The predicted octanol–water partition coefficient (Wildman–Crippen LogP) is 5.31. The van der Waals surface area contributed by atoms with Crippen molar-refractivity contribution in [1.82, 2.24) is 10.2 Å². The van der Waals surface area contributed by atoms with Crippen molar-refractivity contribution in [3.05, 3.63) is 69.5 Å². The van der Waals surface area contributed by atoms with Gasteiger partial charge in [0.25, 0.3) is 0 Å². The second kappa shape index (κ2) is 11.6. The van der Waals surface area contributed by atoms with Gasteiger partial charge in [-0.15, -0.1) is 11.8 Å². The van der Waals surface area contributed by atoms with Gasteiger partial charge in [-0.25, -0.2) is 4.39 Å². The summed E-state index contributed by atoms with van der Waals surface area (Å²) >= 11 is 13.5. The lowest BCUT2D eigenvalue weighted by Crippen LogP contribution is -2.49. The third-order valence-corrected chi connectivity index (χ3v) is 5.92. The van der Waals surface area contributed by atoms with Crippen LogP contribution in [0, 0.1) is 5.82 Å². The van der Waals surface area contributed by atoms with Crippen LogP contribution in [0.15, 0.2) is 42.5 Å². The minimum atomic E-state index is -0.662. The number of amides is 2. The van der Waals surface area contributed by atoms with Crippen molar-refractivity contribution in [2.24, 2.45) is 0 Å². The molecule has 0 bridgehead atoms. The summed E-state index contributed by atoms with van der Waals surface area (Å²) in [5, 5.41) is 3.94. The van der Waals surface area contributed by atoms with E-state index >= 15 is 0 Å². The van der Waals surface area contributed by atoms with Crippen molar-refractivity contribution in [3.8, 4) is 0 Å². The lowest BCUT2D eigenvalue weighted by molar-refractivity contribution is -0.138. The predicted molar refractivity (Wildman–Crippen MR) is 122 cm³/mol. The largest absolute Gasteiger partial charge is 0.352 e. The fourth-order valence-corrected chi connectivity index (χ4v) is 4.21. The lowest BCUT2D eigenvalue weighted by Gasteiger charge is -2.29. The molecule has 0 saturated heterocycles. The molecule has 2 aromatic carbocycles. The summed E-state index contributed by atoms with van der Waals surface area (Å²) in [4.78, 5) is 27.0. The molecular weight excluding hydrogens is 446 g/mol. The standard InChI is InChI=1S/C22H25Cl2FN2O2S/c1-14(2)26-22(29)15(3)27(11-16-4-8-19(25)9-5-16)21(28)13-30-12-17-6-7-18(23)10-20(17)24/h4-10,14-15H,11-13H2,1-3H3,(H,26,29)/t15-/m1/s1. The van der Waals surface area contributed by atoms with E-state index in [0.29, 0.717) is 15.8 Å². The molecule has 2 rings (SSSR count). The summed E-state index contributed by atoms with van der Waals surface area (Å²) in [6, 6.07) is 10.5. The monoisotopic (exact) mass is 470 g/mol. The molecule has 2 aromatic rings. The van der Waals surface area contributed by atoms with Crippen molar-refractivity contribution in [2.45, 2.75) is 45.2 Å². The quantitative estimate of drug-likeness (QED) is 0.540. The van der Waals surface area contributed by atoms with Crippen LogP contribution in [-0.2, 0) is 21.9 Å². The molecule has 2 amide bonds. The van der Waals surface area contributed by atoms with E-state index in [-0.39, 0.29) is 36.0 Å². The number of thioether (sulfide) groups is 1. The molecule has 0 spiro atoms. The first-order chi connectivity index (χ1) is 14.2. The fraction of sp³-hybridized carbons (Fsp3) is 0.364. The minimum absolute atomic E-state index is 0.0378. The van der Waals surface area contributed by atoms with Crippen LogP contribution in [0.1, 0.15) is 31.9 Å². The molecule has 30 heavy (non-hydrogen) atoms. The topological polar surface area (TPSA) is 49.4 Å². The summed E-state index contributed by atoms with van der Waals surface area (Å²) in [6.45, 7) is 5.64. The number of nitrogens with one attached hydrogen (secondary N) is 1. The van der Waals surface area contributed by atoms with Gasteiger partial charge in [0.1, 0.15) is 11.9 Å². The second-order valence-corrected chi connectivity index (χ2v) is 9.05. The number of hydrogen-bond acceptors (Lipinski definition) is 3. The molecule has 0 aliphatic carbocycles. The Kier molecular flexibility index (Phi) is 9.46. The number of hydrogen-bond donors (Lipinski definition) is 1. The maximum atomic E-state index is 13.2. The van der Waals surface area contributed by atoms with Crippen molar-refractivity contribution < 1.29 is 14.0 Å². The zero-order chi connectivity index (χ0) is 22.3. The van der Waals surface area contributed by atoms with Crippen LogP contribution in [0.3, 0.4) is 0 Å². The van der Waals surface area contributed by atoms with E-state index in [4.69, 9.17) is 23.2 Å². The normalized spacial score (nSPS) is 12.0. The van der Waals surface area contributed by atoms with Crippen LogP contribution < -0.4 is 5.32 Å². The average Bonchev–Trinajstić information content (AvgIpc) is 2.68. The molecule has 0 heterocycles. The highest BCUT2D eigenvalue weighted by molar-refractivity contribution is 7.99. The van der Waals surface area contributed by atoms with Gasteiger partial charge in [-0.2, -0.15) is 0 Å². The van der Waals surface area contributed by atoms with Crippen LogP contribution in [0.25, 0.3) is 0 Å². The zero-order valence-corrected chi connectivity index (χ0v) is 19.5. The molecule has 0 aromatic heterocycles. The second-order valence-electron chi connectivity index (χ2n) is 7.22. The Labute approximate surface area is 191 Å². The highest BCUT2D eigenvalue weighted by atomic mass is 35.5. The van der Waals surface area contributed by atoms with Crippen LogP contribution >= 0.6 is 35.0 Å². The maximum Gasteiger partial charge on any atom is 0.242 e. The number of carbonyl (C=O) groups excluding carboxylic acids is 2. The number of benzene rings is 2. The summed E-state index contributed by atoms with van der Waals surface area (Å²) in [5.74, 6) is -0.0392. The Bertz CT molecular complexity index is 878. The van der Waals surface area contributed by atoms with E-state index in [1.54, 1.807) is 31.2 Å². The van der Waals surface area contributed by atoms with E-state index in [9.17, 15) is 14.0 Å². The Balaban J connectivity index is 2.08. The van der Waals surface area contributed by atoms with Crippen molar-refractivity contribution in [1.29, 1.82) is 0 Å². The lowest BCUT2D eigenvalue weighted by atomic mass is 10.1. The minimum Gasteiger partial charge on any atom is -0.352 e. The van der Waals surface area contributed by atoms with Gasteiger partial charge in [-0.05, 0) is 56.2 Å². The molecule has 0 fully saturated rings. The average molecular weight is 471 g/mol. The Morgan fingerprint density at radius 2 is 1.77 bits per heavy atom. The molecule has 0 aliphatic heterocycles. The highest BCUT2D eigenvalue weighted by Gasteiger charge is 2.26. The summed E-state index contributed by atoms with van der Waals surface area (Å²) < 4.78 is 13.2. The molecular formula is C22H25Cl2FN2O2S. The van der Waals surface area contributed by atoms with Gasteiger partial charge in [-0.3, -0.25) is 9.59 Å². The Morgan fingerprint density at radius 1 is 1.10 bits per heavy atom. The molecule has 0 unspecified atom stereocenters. The first-order valence-electron chi connectivity index (χ1n) is 9.53. The van der Waals surface area contributed by atoms with Gasteiger partial charge in [0.15, 0.2) is 0 Å². The van der Waals surface area contributed by atoms with Crippen LogP contribution in [-0.4, -0.2) is 34.6 Å². The van der Waals surface area contributed by atoms with Crippen molar-refractivity contribution >= 4 is 46.8 Å². The summed E-state index contributed by atoms with van der Waals surface area (Å²) in [7, 11) is 0. The van der Waals surface area contributed by atoms with Crippen LogP contribution in [0.5, 0.6) is 0 Å². The van der Waals surface area contributed by atoms with Gasteiger partial charge >= 0.3 is 0 Å². The third kappa shape index (κ3) is 7.49. The maximum absolute atomic E-state index is 13.2. The molecule has 8 heteroatoms. The van der Waals surface area contributed by atoms with E-state index in [1.165, 1.54) is 28.8 Å². The van der Waals surface area contributed by atoms with Crippen molar-refractivity contribution in [2.75, 3.05) is 5.75 Å². The fourth-order valence-electron chi connectivity index (χ4n) is 2.74. The Hall–Kier alpha value is -1.76. The Morgan fingerprint density at radius 3 is 2.37 bits per heavy atom. The molecule has 1 N–H and O–H groups in total. The van der Waals surface area contributed by atoms with E-state index < -0.39 is 6.04 Å². The molecule has 4 nitrogen and oxygen atoms in total. The van der Waals surface area contributed by atoms with Crippen molar-refractivity contribution in [3.63, 3.8) is 0 Å². The smallest absolute Gasteiger partial charge is 0.242 e. The van der Waals surface area contributed by atoms with Gasteiger partial charge in [0.05, 0.1) is 5.75 Å². The van der Waals surface area contributed by atoms with E-state index in [0.717, 1.165) is 11.1 Å². The molecule has 162 valence electrons. The van der Waals surface area contributed by atoms with Crippen LogP contribution in [0.2, 0.25) is 10.0 Å². The highest BCUT2D eigenvalue weighted by Crippen LogP contribution is 2.25. The SMILES string of the molecule is CC(C)NC(=O)[C@@H](C)N(Cc1ccc(F)cc1)C(=O)CSCc1ccc(Cl)cc1Cl. The molecule has 0 radical (unpaired) electrons. The van der Waals surface area contributed by atoms with Gasteiger partial charge in [-0.1, -0.05) is 41.4 Å². The third-order valence-electron chi connectivity index (χ3n) is 4.36. The van der Waals surface area contributed by atoms with Gasteiger partial charge in [0.2, 0.25) is 11.8 Å². The number of halogens is 3. The summed E-state index contributed by atoms with van der Waals surface area (Å²) in [6.07, 6.45) is 0. The van der Waals surface area contributed by atoms with Crippen LogP contribution in [0.4, 0.5) is 4.39 Å².